The van der Waals surface area contributed by atoms with Gasteiger partial charge >= 0.3 is 5.97 Å². The normalized spacial score (nSPS) is 47.6. The SMILES string of the molecule is C[C@]12CC[C@H]3[C@@H](CCC4=CC(=O)CC(OCC(=O)O)[C@@]43C)[C@@H]1CC[C@@H]2O. The lowest BCUT2D eigenvalue weighted by Gasteiger charge is -2.59. The van der Waals surface area contributed by atoms with Gasteiger partial charge in [0.05, 0.1) is 12.2 Å². The molecule has 4 aliphatic carbocycles. The van der Waals surface area contributed by atoms with Crippen LogP contribution < -0.4 is 0 Å². The first-order valence-electron chi connectivity index (χ1n) is 10.0. The molecule has 0 amide bonds. The lowest BCUT2D eigenvalue weighted by molar-refractivity contribution is -0.157. The van der Waals surface area contributed by atoms with Gasteiger partial charge in [-0.25, -0.2) is 4.79 Å². The van der Waals surface area contributed by atoms with Crippen LogP contribution in [0.4, 0.5) is 0 Å². The van der Waals surface area contributed by atoms with Gasteiger partial charge in [0.25, 0.3) is 0 Å². The molecule has 0 aromatic carbocycles. The molecule has 144 valence electrons. The molecule has 0 saturated heterocycles. The number of carbonyl (C=O) groups excluding carboxylic acids is 1. The van der Waals surface area contributed by atoms with Crippen LogP contribution in [0.1, 0.15) is 58.8 Å². The van der Waals surface area contributed by atoms with E-state index >= 15 is 0 Å². The zero-order valence-corrected chi connectivity index (χ0v) is 15.7. The van der Waals surface area contributed by atoms with Crippen molar-refractivity contribution in [3.63, 3.8) is 0 Å². The quantitative estimate of drug-likeness (QED) is 0.806. The maximum absolute atomic E-state index is 12.2. The second kappa shape index (κ2) is 6.16. The van der Waals surface area contributed by atoms with Gasteiger partial charge in [-0.05, 0) is 67.8 Å². The predicted molar refractivity (Wildman–Crippen MR) is 95.5 cm³/mol. The summed E-state index contributed by atoms with van der Waals surface area (Å²) in [7, 11) is 0. The van der Waals surface area contributed by atoms with Crippen molar-refractivity contribution in [1.29, 1.82) is 0 Å². The van der Waals surface area contributed by atoms with E-state index in [1.807, 2.05) is 6.08 Å². The van der Waals surface area contributed by atoms with Gasteiger partial charge in [0.2, 0.25) is 0 Å². The van der Waals surface area contributed by atoms with E-state index in [2.05, 4.69) is 13.8 Å². The van der Waals surface area contributed by atoms with Gasteiger partial charge in [0, 0.05) is 11.8 Å². The summed E-state index contributed by atoms with van der Waals surface area (Å²) in [4.78, 5) is 23.3. The van der Waals surface area contributed by atoms with Crippen LogP contribution in [0.25, 0.3) is 0 Å². The zero-order chi connectivity index (χ0) is 18.7. The second-order valence-electron chi connectivity index (χ2n) is 9.37. The smallest absolute Gasteiger partial charge is 0.329 e. The molecule has 2 N–H and O–H groups in total. The van der Waals surface area contributed by atoms with Gasteiger partial charge in [-0.1, -0.05) is 19.4 Å². The summed E-state index contributed by atoms with van der Waals surface area (Å²) >= 11 is 0. The van der Waals surface area contributed by atoms with Gasteiger partial charge < -0.3 is 14.9 Å². The molecule has 5 nitrogen and oxygen atoms in total. The third-order valence-corrected chi connectivity index (χ3v) is 8.39. The van der Waals surface area contributed by atoms with E-state index in [0.717, 1.165) is 44.1 Å². The van der Waals surface area contributed by atoms with Gasteiger partial charge in [0.1, 0.15) is 6.61 Å². The Labute approximate surface area is 154 Å². The summed E-state index contributed by atoms with van der Waals surface area (Å²) in [5, 5.41) is 19.6. The van der Waals surface area contributed by atoms with E-state index in [1.54, 1.807) is 0 Å². The number of carboxylic acids is 1. The molecule has 7 atom stereocenters. The fraction of sp³-hybridized carbons (Fsp3) is 0.810. The van der Waals surface area contributed by atoms with Crippen LogP contribution >= 0.6 is 0 Å². The number of ether oxygens (including phenoxy) is 1. The fourth-order valence-electron chi connectivity index (χ4n) is 6.96. The molecule has 0 aromatic rings. The molecule has 3 fully saturated rings. The molecule has 1 unspecified atom stereocenters. The maximum atomic E-state index is 12.2. The Kier molecular flexibility index (Phi) is 4.31. The third-order valence-electron chi connectivity index (χ3n) is 8.39. The van der Waals surface area contributed by atoms with E-state index in [-0.39, 0.29) is 41.8 Å². The monoisotopic (exact) mass is 362 g/mol. The Morgan fingerprint density at radius 1 is 1.23 bits per heavy atom. The second-order valence-corrected chi connectivity index (χ2v) is 9.37. The summed E-state index contributed by atoms with van der Waals surface area (Å²) in [6, 6.07) is 0. The van der Waals surface area contributed by atoms with E-state index in [9.17, 15) is 14.7 Å². The molecule has 0 spiro atoms. The Hall–Kier alpha value is -1.20. The molecular weight excluding hydrogens is 332 g/mol. The number of rotatable bonds is 3. The number of ketones is 1. The Bertz CT molecular complexity index is 655. The molecule has 0 bridgehead atoms. The van der Waals surface area contributed by atoms with Crippen molar-refractivity contribution >= 4 is 11.8 Å². The van der Waals surface area contributed by atoms with E-state index in [0.29, 0.717) is 17.8 Å². The topological polar surface area (TPSA) is 83.8 Å². The molecule has 3 saturated carbocycles. The highest BCUT2D eigenvalue weighted by molar-refractivity contribution is 5.92. The maximum Gasteiger partial charge on any atom is 0.329 e. The summed E-state index contributed by atoms with van der Waals surface area (Å²) in [5.74, 6) is 0.519. The number of aliphatic carboxylic acids is 1. The fourth-order valence-corrected chi connectivity index (χ4v) is 6.96. The summed E-state index contributed by atoms with van der Waals surface area (Å²) in [5.41, 5.74) is 0.912. The molecule has 26 heavy (non-hydrogen) atoms. The number of hydrogen-bond donors (Lipinski definition) is 2. The number of aliphatic hydroxyl groups is 1. The number of fused-ring (bicyclic) bond motifs is 5. The van der Waals surface area contributed by atoms with Gasteiger partial charge in [0.15, 0.2) is 5.78 Å². The highest BCUT2D eigenvalue weighted by Gasteiger charge is 2.61. The molecule has 5 heteroatoms. The first kappa shape index (κ1) is 18.2. The number of carboxylic acid groups (broad SMARTS) is 1. The van der Waals surface area contributed by atoms with Crippen molar-refractivity contribution in [3.05, 3.63) is 11.6 Å². The minimum atomic E-state index is -0.986. The first-order valence-corrected chi connectivity index (χ1v) is 10.0. The standard InChI is InChI=1S/C21H30O5/c1-20-8-7-16-14(15(20)5-6-17(20)23)4-3-12-9-13(22)10-18(21(12,16)2)26-11-19(24)25/h9,14-18,23H,3-8,10-11H2,1-2H3,(H,24,25)/t14-,15-,16-,17-,18?,20-,21-/m0/s1. The van der Waals surface area contributed by atoms with Crippen LogP contribution in [0.15, 0.2) is 11.6 Å². The van der Waals surface area contributed by atoms with Crippen molar-refractivity contribution in [2.45, 2.75) is 71.0 Å². The predicted octanol–water partition coefficient (Wildman–Crippen LogP) is 2.96. The molecule has 0 radical (unpaired) electrons. The third kappa shape index (κ3) is 2.50. The van der Waals surface area contributed by atoms with E-state index in [1.165, 1.54) is 0 Å². The summed E-state index contributed by atoms with van der Waals surface area (Å²) in [6.07, 6.45) is 7.48. The van der Waals surface area contributed by atoms with Gasteiger partial charge in [-0.15, -0.1) is 0 Å². The number of hydrogen-bond acceptors (Lipinski definition) is 4. The van der Waals surface area contributed by atoms with E-state index < -0.39 is 5.97 Å². The van der Waals surface area contributed by atoms with Crippen molar-refractivity contribution in [1.82, 2.24) is 0 Å². The molecule has 0 aromatic heterocycles. The van der Waals surface area contributed by atoms with Crippen molar-refractivity contribution < 1.29 is 24.5 Å². The zero-order valence-electron chi connectivity index (χ0n) is 15.7. The largest absolute Gasteiger partial charge is 0.480 e. The van der Waals surface area contributed by atoms with Crippen molar-refractivity contribution in [2.75, 3.05) is 6.61 Å². The highest BCUT2D eigenvalue weighted by Crippen LogP contribution is 2.65. The molecular formula is C21H30O5. The Balaban J connectivity index is 1.67. The molecule has 4 aliphatic rings. The minimum Gasteiger partial charge on any atom is -0.480 e. The molecule has 0 heterocycles. The minimum absolute atomic E-state index is 0.0145. The van der Waals surface area contributed by atoms with Crippen LogP contribution in [-0.2, 0) is 14.3 Å². The van der Waals surface area contributed by atoms with Crippen LogP contribution in [-0.4, -0.2) is 40.8 Å². The van der Waals surface area contributed by atoms with E-state index in [4.69, 9.17) is 9.84 Å². The number of aliphatic hydroxyl groups excluding tert-OH is 1. The highest BCUT2D eigenvalue weighted by atomic mass is 16.5. The van der Waals surface area contributed by atoms with Gasteiger partial charge in [-0.2, -0.15) is 0 Å². The summed E-state index contributed by atoms with van der Waals surface area (Å²) in [6.45, 7) is 4.10. The van der Waals surface area contributed by atoms with Crippen molar-refractivity contribution in [2.24, 2.45) is 28.6 Å². The van der Waals surface area contributed by atoms with Crippen molar-refractivity contribution in [3.8, 4) is 0 Å². The lowest BCUT2D eigenvalue weighted by Crippen LogP contribution is -2.56. The van der Waals surface area contributed by atoms with Crippen LogP contribution in [0, 0.1) is 28.6 Å². The molecule has 0 aliphatic heterocycles. The van der Waals surface area contributed by atoms with Gasteiger partial charge in [-0.3, -0.25) is 4.79 Å². The average molecular weight is 362 g/mol. The van der Waals surface area contributed by atoms with Crippen LogP contribution in [0.5, 0.6) is 0 Å². The average Bonchev–Trinajstić information content (AvgIpc) is 2.89. The Morgan fingerprint density at radius 2 is 2.00 bits per heavy atom. The van der Waals surface area contributed by atoms with Crippen LogP contribution in [0.3, 0.4) is 0 Å². The molecule has 4 rings (SSSR count). The number of carbonyl (C=O) groups is 2. The van der Waals surface area contributed by atoms with Crippen LogP contribution in [0.2, 0.25) is 0 Å². The first-order chi connectivity index (χ1) is 12.3. The summed E-state index contributed by atoms with van der Waals surface area (Å²) < 4.78 is 5.78. The Morgan fingerprint density at radius 3 is 2.73 bits per heavy atom. The lowest BCUT2D eigenvalue weighted by atomic mass is 9.46.